The summed E-state index contributed by atoms with van der Waals surface area (Å²) in [4.78, 5) is 0.0418. The molecular weight excluding hydrogens is 274 g/mol. The fraction of sp³-hybridized carbons (Fsp3) is 0.875. The number of unbranched alkanes of at least 4 members (excludes halogenated alkanes) is 9. The van der Waals surface area contributed by atoms with Gasteiger partial charge in [-0.1, -0.05) is 77.2 Å². The molecule has 1 nitrogen and oxygen atoms in total. The number of hydrogen-bond acceptors (Lipinski definition) is 2. The van der Waals surface area contributed by atoms with Gasteiger partial charge in [-0.2, -0.15) is 0 Å². The fourth-order valence-corrected chi connectivity index (χ4v) is 3.47. The molecule has 0 aliphatic carbocycles. The molecule has 19 heavy (non-hydrogen) atoms. The van der Waals surface area contributed by atoms with Crippen LogP contribution in [0.5, 0.6) is 0 Å². The first kappa shape index (κ1) is 19.3. The van der Waals surface area contributed by atoms with Gasteiger partial charge < -0.3 is 5.73 Å². The van der Waals surface area contributed by atoms with E-state index in [2.05, 4.69) is 18.4 Å². The second-order valence-electron chi connectivity index (χ2n) is 5.69. The van der Waals surface area contributed by atoms with Crippen molar-refractivity contribution in [3.8, 4) is 0 Å². The number of halogens is 1. The highest BCUT2D eigenvalue weighted by Gasteiger charge is 2.25. The largest absolute Gasteiger partial charge is 0.316 e. The van der Waals surface area contributed by atoms with Crippen molar-refractivity contribution in [2.75, 3.05) is 0 Å². The Balaban J connectivity index is 0.00000324. The van der Waals surface area contributed by atoms with Gasteiger partial charge >= 0.3 is 0 Å². The quantitative estimate of drug-likeness (QED) is 0.472. The first-order valence-electron chi connectivity index (χ1n) is 7.88. The van der Waals surface area contributed by atoms with E-state index in [-0.39, 0.29) is 17.3 Å². The SMILES string of the molecule is CCCCCCCCCCCCC1(N)CC=CS1.Cl. The van der Waals surface area contributed by atoms with Gasteiger partial charge in [0, 0.05) is 0 Å². The van der Waals surface area contributed by atoms with Gasteiger partial charge in [0.1, 0.15) is 0 Å². The summed E-state index contributed by atoms with van der Waals surface area (Å²) >= 11 is 1.82. The van der Waals surface area contributed by atoms with Crippen molar-refractivity contribution in [2.45, 2.75) is 88.8 Å². The predicted molar refractivity (Wildman–Crippen MR) is 92.0 cm³/mol. The molecule has 0 saturated heterocycles. The van der Waals surface area contributed by atoms with Crippen molar-refractivity contribution in [1.29, 1.82) is 0 Å². The van der Waals surface area contributed by atoms with Crippen LogP contribution in [0.1, 0.15) is 84.0 Å². The highest BCUT2D eigenvalue weighted by molar-refractivity contribution is 8.03. The van der Waals surface area contributed by atoms with E-state index in [1.165, 1.54) is 70.6 Å². The van der Waals surface area contributed by atoms with E-state index in [1.807, 2.05) is 11.8 Å². The maximum absolute atomic E-state index is 6.27. The zero-order valence-corrected chi connectivity index (χ0v) is 14.2. The molecule has 0 aromatic rings. The monoisotopic (exact) mass is 305 g/mol. The molecule has 0 aromatic heterocycles. The molecule has 0 bridgehead atoms. The predicted octanol–water partition coefficient (Wildman–Crippen LogP) is 6.02. The molecule has 0 saturated carbocycles. The Bertz CT molecular complexity index is 223. The minimum absolute atomic E-state index is 0. The maximum atomic E-state index is 6.27. The lowest BCUT2D eigenvalue weighted by Crippen LogP contribution is -2.32. The molecule has 1 atom stereocenters. The van der Waals surface area contributed by atoms with Crippen LogP contribution in [0.2, 0.25) is 0 Å². The van der Waals surface area contributed by atoms with E-state index < -0.39 is 0 Å². The minimum Gasteiger partial charge on any atom is -0.316 e. The van der Waals surface area contributed by atoms with Crippen molar-refractivity contribution in [1.82, 2.24) is 0 Å². The lowest BCUT2D eigenvalue weighted by Gasteiger charge is -2.22. The van der Waals surface area contributed by atoms with Crippen molar-refractivity contribution in [3.63, 3.8) is 0 Å². The van der Waals surface area contributed by atoms with Crippen molar-refractivity contribution >= 4 is 24.2 Å². The van der Waals surface area contributed by atoms with Crippen LogP contribution >= 0.6 is 24.2 Å². The summed E-state index contributed by atoms with van der Waals surface area (Å²) in [5, 5.41) is 2.16. The first-order chi connectivity index (χ1) is 8.77. The molecule has 0 fully saturated rings. The molecule has 1 rings (SSSR count). The molecule has 1 heterocycles. The van der Waals surface area contributed by atoms with Crippen molar-refractivity contribution in [2.24, 2.45) is 5.73 Å². The fourth-order valence-electron chi connectivity index (χ4n) is 2.55. The summed E-state index contributed by atoms with van der Waals surface area (Å²) in [7, 11) is 0. The molecule has 0 radical (unpaired) electrons. The highest BCUT2D eigenvalue weighted by Crippen LogP contribution is 2.35. The third-order valence-corrected chi connectivity index (χ3v) is 4.98. The van der Waals surface area contributed by atoms with Crippen LogP contribution in [0.4, 0.5) is 0 Å². The molecule has 2 N–H and O–H groups in total. The molecule has 114 valence electrons. The third-order valence-electron chi connectivity index (χ3n) is 3.82. The molecule has 0 spiro atoms. The summed E-state index contributed by atoms with van der Waals surface area (Å²) in [6.07, 6.45) is 18.5. The van der Waals surface area contributed by atoms with E-state index in [1.54, 1.807) is 0 Å². The summed E-state index contributed by atoms with van der Waals surface area (Å²) in [5.41, 5.74) is 6.27. The smallest absolute Gasteiger partial charge is 0.0695 e. The van der Waals surface area contributed by atoms with Gasteiger partial charge in [0.25, 0.3) is 0 Å². The second kappa shape index (κ2) is 12.1. The van der Waals surface area contributed by atoms with E-state index in [0.29, 0.717) is 0 Å². The van der Waals surface area contributed by atoms with Gasteiger partial charge in [0.2, 0.25) is 0 Å². The summed E-state index contributed by atoms with van der Waals surface area (Å²) in [5.74, 6) is 0. The van der Waals surface area contributed by atoms with Gasteiger partial charge in [0.15, 0.2) is 0 Å². The molecule has 0 aromatic carbocycles. The van der Waals surface area contributed by atoms with Crippen LogP contribution < -0.4 is 5.73 Å². The van der Waals surface area contributed by atoms with Crippen LogP contribution in [0.15, 0.2) is 11.5 Å². The average molecular weight is 306 g/mol. The lowest BCUT2D eigenvalue weighted by atomic mass is 10.0. The molecule has 1 unspecified atom stereocenters. The second-order valence-corrected chi connectivity index (χ2v) is 7.01. The van der Waals surface area contributed by atoms with Crippen molar-refractivity contribution < 1.29 is 0 Å². The number of hydrogen-bond donors (Lipinski definition) is 1. The van der Waals surface area contributed by atoms with Gasteiger partial charge in [0.05, 0.1) is 4.87 Å². The number of nitrogens with two attached hydrogens (primary N) is 1. The Kier molecular flexibility index (Phi) is 12.3. The summed E-state index contributed by atoms with van der Waals surface area (Å²) < 4.78 is 0. The normalized spacial score (nSPS) is 21.6. The van der Waals surface area contributed by atoms with Crippen LogP contribution in [-0.4, -0.2) is 4.87 Å². The van der Waals surface area contributed by atoms with Gasteiger partial charge in [-0.3, -0.25) is 0 Å². The van der Waals surface area contributed by atoms with Crippen LogP contribution in [0, 0.1) is 0 Å². The van der Waals surface area contributed by atoms with Gasteiger partial charge in [-0.15, -0.1) is 24.2 Å². The molecular formula is C16H32ClNS. The van der Waals surface area contributed by atoms with E-state index in [0.717, 1.165) is 6.42 Å². The Hall–Kier alpha value is 0.340. The van der Waals surface area contributed by atoms with E-state index in [4.69, 9.17) is 5.73 Å². The zero-order valence-electron chi connectivity index (χ0n) is 12.5. The number of rotatable bonds is 11. The van der Waals surface area contributed by atoms with Crippen LogP contribution in [-0.2, 0) is 0 Å². The lowest BCUT2D eigenvalue weighted by molar-refractivity contribution is 0.503. The Morgan fingerprint density at radius 1 is 0.947 bits per heavy atom. The topological polar surface area (TPSA) is 26.0 Å². The van der Waals surface area contributed by atoms with E-state index in [9.17, 15) is 0 Å². The van der Waals surface area contributed by atoms with Gasteiger partial charge in [-0.25, -0.2) is 0 Å². The molecule has 0 amide bonds. The molecule has 1 aliphatic heterocycles. The summed E-state index contributed by atoms with van der Waals surface area (Å²) in [6.45, 7) is 2.28. The standard InChI is InChI=1S/C16H31NS.ClH/c1-2-3-4-5-6-7-8-9-10-11-13-16(17)14-12-15-18-16;/h12,15H,2-11,13-14,17H2,1H3;1H. The van der Waals surface area contributed by atoms with E-state index >= 15 is 0 Å². The minimum atomic E-state index is 0. The molecule has 1 aliphatic rings. The maximum Gasteiger partial charge on any atom is 0.0695 e. The van der Waals surface area contributed by atoms with Crippen LogP contribution in [0.25, 0.3) is 0 Å². The highest BCUT2D eigenvalue weighted by atomic mass is 35.5. The number of thioether (sulfide) groups is 1. The molecule has 3 heteroatoms. The first-order valence-corrected chi connectivity index (χ1v) is 8.76. The average Bonchev–Trinajstić information content (AvgIpc) is 2.79. The summed E-state index contributed by atoms with van der Waals surface area (Å²) in [6, 6.07) is 0. The third kappa shape index (κ3) is 9.81. The Morgan fingerprint density at radius 3 is 1.95 bits per heavy atom. The van der Waals surface area contributed by atoms with Crippen LogP contribution in [0.3, 0.4) is 0 Å². The Labute approximate surface area is 130 Å². The zero-order chi connectivity index (χ0) is 13.1. The van der Waals surface area contributed by atoms with Crippen molar-refractivity contribution in [3.05, 3.63) is 11.5 Å². The Morgan fingerprint density at radius 2 is 1.47 bits per heavy atom. The van der Waals surface area contributed by atoms with Gasteiger partial charge in [-0.05, 0) is 18.2 Å².